The molecule has 2 N–H and O–H groups in total. The Hall–Kier alpha value is -2.08. The van der Waals surface area contributed by atoms with E-state index in [9.17, 15) is 9.59 Å². The number of carbonyl (C=O) groups excluding carboxylic acids is 2. The van der Waals surface area contributed by atoms with Crippen molar-refractivity contribution in [3.8, 4) is 0 Å². The first-order valence-electron chi connectivity index (χ1n) is 7.63. The van der Waals surface area contributed by atoms with Gasteiger partial charge in [-0.2, -0.15) is 0 Å². The lowest BCUT2D eigenvalue weighted by Crippen LogP contribution is -2.36. The van der Waals surface area contributed by atoms with Crippen LogP contribution in [0.2, 0.25) is 10.0 Å². The number of nitrogens with one attached hydrogen (secondary N) is 2. The van der Waals surface area contributed by atoms with E-state index in [0.29, 0.717) is 15.7 Å². The van der Waals surface area contributed by atoms with Crippen LogP contribution in [-0.2, 0) is 9.59 Å². The summed E-state index contributed by atoms with van der Waals surface area (Å²) in [6.45, 7) is 2.13. The quantitative estimate of drug-likeness (QED) is 0.801. The zero-order valence-electron chi connectivity index (χ0n) is 14.0. The fourth-order valence-electron chi connectivity index (χ4n) is 2.16. The first-order valence-corrected chi connectivity index (χ1v) is 8.39. The molecule has 0 aromatic heterocycles. The van der Waals surface area contributed by atoms with E-state index in [0.717, 1.165) is 11.3 Å². The minimum absolute atomic E-state index is 0.0558. The zero-order chi connectivity index (χ0) is 18.4. The van der Waals surface area contributed by atoms with E-state index in [-0.39, 0.29) is 24.9 Å². The number of anilines is 2. The van der Waals surface area contributed by atoms with Gasteiger partial charge in [-0.25, -0.2) is 0 Å². The summed E-state index contributed by atoms with van der Waals surface area (Å²) in [5.41, 5.74) is 2.32. The fraction of sp³-hybridized carbons (Fsp3) is 0.222. The van der Waals surface area contributed by atoms with Crippen LogP contribution >= 0.6 is 23.2 Å². The number of benzene rings is 2. The van der Waals surface area contributed by atoms with Crippen molar-refractivity contribution in [2.75, 3.05) is 30.8 Å². The summed E-state index contributed by atoms with van der Waals surface area (Å²) in [5, 5.41) is 6.34. The smallest absolute Gasteiger partial charge is 0.238 e. The molecule has 132 valence electrons. The molecule has 0 radical (unpaired) electrons. The van der Waals surface area contributed by atoms with Crippen molar-refractivity contribution in [3.05, 3.63) is 58.1 Å². The second-order valence-electron chi connectivity index (χ2n) is 5.76. The number of hydrogen-bond acceptors (Lipinski definition) is 3. The minimum atomic E-state index is -0.269. The molecule has 5 nitrogen and oxygen atoms in total. The Bertz CT molecular complexity index is 763. The van der Waals surface area contributed by atoms with Crippen molar-refractivity contribution in [1.29, 1.82) is 0 Å². The van der Waals surface area contributed by atoms with E-state index in [2.05, 4.69) is 10.6 Å². The molecule has 0 atom stereocenters. The Morgan fingerprint density at radius 2 is 1.56 bits per heavy atom. The number of carbonyl (C=O) groups is 2. The Kier molecular flexibility index (Phi) is 6.82. The third-order valence-electron chi connectivity index (χ3n) is 3.37. The monoisotopic (exact) mass is 379 g/mol. The number of halogens is 2. The van der Waals surface area contributed by atoms with Crippen molar-refractivity contribution in [2.45, 2.75) is 6.92 Å². The van der Waals surface area contributed by atoms with Crippen LogP contribution in [-0.4, -0.2) is 36.9 Å². The highest BCUT2D eigenvalue weighted by Crippen LogP contribution is 2.25. The number of amides is 2. The van der Waals surface area contributed by atoms with Crippen molar-refractivity contribution >= 4 is 46.4 Å². The lowest BCUT2D eigenvalue weighted by Gasteiger charge is -2.16. The highest BCUT2D eigenvalue weighted by molar-refractivity contribution is 6.36. The Labute approximate surface area is 156 Å². The van der Waals surface area contributed by atoms with Crippen molar-refractivity contribution in [2.24, 2.45) is 0 Å². The van der Waals surface area contributed by atoms with Crippen molar-refractivity contribution < 1.29 is 9.59 Å². The first-order chi connectivity index (χ1) is 11.8. The molecule has 0 heterocycles. The van der Waals surface area contributed by atoms with Gasteiger partial charge in [0.1, 0.15) is 0 Å². The van der Waals surface area contributed by atoms with Crippen LogP contribution < -0.4 is 10.6 Å². The highest BCUT2D eigenvalue weighted by atomic mass is 35.5. The maximum atomic E-state index is 12.1. The van der Waals surface area contributed by atoms with Crippen LogP contribution in [0, 0.1) is 6.92 Å². The predicted molar refractivity (Wildman–Crippen MR) is 102 cm³/mol. The topological polar surface area (TPSA) is 61.4 Å². The molecular weight excluding hydrogens is 361 g/mol. The van der Waals surface area contributed by atoms with E-state index in [1.54, 1.807) is 30.1 Å². The fourth-order valence-corrected chi connectivity index (χ4v) is 2.62. The van der Waals surface area contributed by atoms with Gasteiger partial charge in [0.25, 0.3) is 0 Å². The highest BCUT2D eigenvalue weighted by Gasteiger charge is 2.12. The summed E-state index contributed by atoms with van der Waals surface area (Å²) in [5.74, 6) is -0.460. The summed E-state index contributed by atoms with van der Waals surface area (Å²) >= 11 is 11.8. The average Bonchev–Trinajstić information content (AvgIpc) is 2.52. The van der Waals surface area contributed by atoms with Crippen LogP contribution in [0.15, 0.2) is 42.5 Å². The third kappa shape index (κ3) is 6.38. The van der Waals surface area contributed by atoms with Crippen molar-refractivity contribution in [1.82, 2.24) is 4.90 Å². The van der Waals surface area contributed by atoms with Gasteiger partial charge in [0.05, 0.1) is 23.8 Å². The summed E-state index contributed by atoms with van der Waals surface area (Å²) in [6.07, 6.45) is 0. The number of aryl methyl sites for hydroxylation is 1. The second-order valence-corrected chi connectivity index (χ2v) is 6.60. The summed E-state index contributed by atoms with van der Waals surface area (Å²) in [4.78, 5) is 25.7. The largest absolute Gasteiger partial charge is 0.325 e. The van der Waals surface area contributed by atoms with E-state index >= 15 is 0 Å². The molecule has 2 aromatic rings. The average molecular weight is 380 g/mol. The molecule has 0 unspecified atom stereocenters. The van der Waals surface area contributed by atoms with Gasteiger partial charge in [0.2, 0.25) is 11.8 Å². The molecule has 25 heavy (non-hydrogen) atoms. The van der Waals surface area contributed by atoms with Gasteiger partial charge >= 0.3 is 0 Å². The van der Waals surface area contributed by atoms with E-state index in [1.807, 2.05) is 31.2 Å². The Morgan fingerprint density at radius 3 is 2.16 bits per heavy atom. The van der Waals surface area contributed by atoms with Crippen LogP contribution in [0.25, 0.3) is 0 Å². The molecule has 2 rings (SSSR count). The standard InChI is InChI=1S/C18H19Cl2N3O2/c1-12-3-6-14(7-4-12)21-17(24)10-23(2)11-18(25)22-16-8-5-13(19)9-15(16)20/h3-9H,10-11H2,1-2H3,(H,21,24)(H,22,25). The van der Waals surface area contributed by atoms with Gasteiger partial charge in [-0.1, -0.05) is 40.9 Å². The van der Waals surface area contributed by atoms with Crippen LogP contribution in [0.5, 0.6) is 0 Å². The summed E-state index contributed by atoms with van der Waals surface area (Å²) < 4.78 is 0. The van der Waals surface area contributed by atoms with Crippen molar-refractivity contribution in [3.63, 3.8) is 0 Å². The molecule has 0 saturated carbocycles. The van der Waals surface area contributed by atoms with Crippen LogP contribution in [0.3, 0.4) is 0 Å². The molecule has 0 aliphatic rings. The predicted octanol–water partition coefficient (Wildman–Crippen LogP) is 3.81. The summed E-state index contributed by atoms with van der Waals surface area (Å²) in [6, 6.07) is 12.3. The van der Waals surface area contributed by atoms with Gasteiger partial charge in [-0.15, -0.1) is 0 Å². The second kappa shape index (κ2) is 8.85. The molecule has 0 bridgehead atoms. The minimum Gasteiger partial charge on any atom is -0.325 e. The molecule has 2 amide bonds. The van der Waals surface area contributed by atoms with E-state index < -0.39 is 0 Å². The number of rotatable bonds is 6. The van der Waals surface area contributed by atoms with Gasteiger partial charge < -0.3 is 10.6 Å². The number of likely N-dealkylation sites (N-methyl/N-ethyl adjacent to an activating group) is 1. The van der Waals surface area contributed by atoms with Gasteiger partial charge in [-0.3, -0.25) is 14.5 Å². The number of nitrogens with zero attached hydrogens (tertiary/aromatic N) is 1. The van der Waals surface area contributed by atoms with Gasteiger partial charge in [0, 0.05) is 10.7 Å². The lowest BCUT2D eigenvalue weighted by atomic mass is 10.2. The molecule has 2 aromatic carbocycles. The number of hydrogen-bond donors (Lipinski definition) is 2. The van der Waals surface area contributed by atoms with E-state index in [1.165, 1.54) is 0 Å². The molecular formula is C18H19Cl2N3O2. The van der Waals surface area contributed by atoms with Crippen LogP contribution in [0.4, 0.5) is 11.4 Å². The maximum Gasteiger partial charge on any atom is 0.238 e. The molecule has 0 aliphatic heterocycles. The summed E-state index contributed by atoms with van der Waals surface area (Å²) in [7, 11) is 1.69. The van der Waals surface area contributed by atoms with E-state index in [4.69, 9.17) is 23.2 Å². The lowest BCUT2D eigenvalue weighted by molar-refractivity contribution is -0.119. The molecule has 7 heteroatoms. The van der Waals surface area contributed by atoms with Crippen LogP contribution in [0.1, 0.15) is 5.56 Å². The molecule has 0 spiro atoms. The van der Waals surface area contributed by atoms with Gasteiger partial charge in [-0.05, 0) is 44.3 Å². The Morgan fingerprint density at radius 1 is 0.960 bits per heavy atom. The first kappa shape index (κ1) is 19.2. The normalized spacial score (nSPS) is 10.6. The third-order valence-corrected chi connectivity index (χ3v) is 3.92. The molecule has 0 aliphatic carbocycles. The molecule has 0 saturated heterocycles. The SMILES string of the molecule is Cc1ccc(NC(=O)CN(C)CC(=O)Nc2ccc(Cl)cc2Cl)cc1. The maximum absolute atomic E-state index is 12.1. The molecule has 0 fully saturated rings. The zero-order valence-corrected chi connectivity index (χ0v) is 15.5. The Balaban J connectivity index is 1.82. The van der Waals surface area contributed by atoms with Gasteiger partial charge in [0.15, 0.2) is 0 Å².